The Hall–Kier alpha value is -0.950. The van der Waals surface area contributed by atoms with Crippen LogP contribution in [0.5, 0.6) is 0 Å². The molecule has 128 valence electrons. The average Bonchev–Trinajstić information content (AvgIpc) is 2.31. The van der Waals surface area contributed by atoms with Crippen molar-refractivity contribution in [3.05, 3.63) is 0 Å². The zero-order valence-electron chi connectivity index (χ0n) is 14.1. The first kappa shape index (κ1) is 19.1. The topological polar surface area (TPSA) is 78.9 Å². The van der Waals surface area contributed by atoms with Crippen molar-refractivity contribution < 1.29 is 19.4 Å². The van der Waals surface area contributed by atoms with E-state index in [0.29, 0.717) is 13.1 Å². The number of hydrogen-bond donors (Lipinski definition) is 2. The molecule has 1 atom stereocenters. The average molecular weight is 332 g/mol. The zero-order valence-corrected chi connectivity index (χ0v) is 15.0. The molecule has 0 aromatic carbocycles. The number of hydrogen-bond acceptors (Lipinski definition) is 5. The van der Waals surface area contributed by atoms with Gasteiger partial charge in [-0.25, -0.2) is 4.79 Å². The minimum atomic E-state index is -0.852. The SMILES string of the molecule is CCC(CSC)NC1(CC(=O)O)CN(C(=O)OC(C)(C)C)C1. The zero-order chi connectivity index (χ0) is 17.0. The third-order valence-corrected chi connectivity index (χ3v) is 4.24. The van der Waals surface area contributed by atoms with E-state index < -0.39 is 17.1 Å². The molecule has 0 aromatic heterocycles. The maximum absolute atomic E-state index is 12.0. The van der Waals surface area contributed by atoms with Crippen LogP contribution in [0.15, 0.2) is 0 Å². The van der Waals surface area contributed by atoms with Gasteiger partial charge in [-0.2, -0.15) is 11.8 Å². The maximum Gasteiger partial charge on any atom is 0.410 e. The molecule has 0 spiro atoms. The molecule has 1 amide bonds. The van der Waals surface area contributed by atoms with Gasteiger partial charge in [-0.15, -0.1) is 0 Å². The molecular weight excluding hydrogens is 304 g/mol. The van der Waals surface area contributed by atoms with Gasteiger partial charge in [0.1, 0.15) is 5.60 Å². The first-order valence-corrected chi connectivity index (χ1v) is 8.96. The van der Waals surface area contributed by atoms with Gasteiger partial charge in [0.25, 0.3) is 0 Å². The smallest absolute Gasteiger partial charge is 0.410 e. The van der Waals surface area contributed by atoms with E-state index in [-0.39, 0.29) is 18.6 Å². The minimum Gasteiger partial charge on any atom is -0.481 e. The third-order valence-electron chi connectivity index (χ3n) is 3.50. The fourth-order valence-electron chi connectivity index (χ4n) is 2.58. The van der Waals surface area contributed by atoms with E-state index >= 15 is 0 Å². The second-order valence-corrected chi connectivity index (χ2v) is 7.80. The van der Waals surface area contributed by atoms with Crippen molar-refractivity contribution in [3.63, 3.8) is 0 Å². The van der Waals surface area contributed by atoms with E-state index in [1.807, 2.05) is 27.0 Å². The Kier molecular flexibility index (Phi) is 6.55. The molecule has 0 radical (unpaired) electrons. The van der Waals surface area contributed by atoms with Crippen LogP contribution in [0.1, 0.15) is 40.5 Å². The highest BCUT2D eigenvalue weighted by atomic mass is 32.2. The highest BCUT2D eigenvalue weighted by molar-refractivity contribution is 7.98. The highest BCUT2D eigenvalue weighted by Crippen LogP contribution is 2.28. The van der Waals surface area contributed by atoms with Crippen LogP contribution in [0.2, 0.25) is 0 Å². The van der Waals surface area contributed by atoms with E-state index in [4.69, 9.17) is 9.84 Å². The van der Waals surface area contributed by atoms with Crippen LogP contribution in [-0.4, -0.2) is 64.3 Å². The molecule has 22 heavy (non-hydrogen) atoms. The van der Waals surface area contributed by atoms with Crippen molar-refractivity contribution in [2.45, 2.75) is 57.7 Å². The summed E-state index contributed by atoms with van der Waals surface area (Å²) in [6.07, 6.45) is 2.58. The van der Waals surface area contributed by atoms with Gasteiger partial charge < -0.3 is 20.1 Å². The molecule has 1 unspecified atom stereocenters. The number of aliphatic carboxylic acids is 1. The predicted octanol–water partition coefficient (Wildman–Crippen LogP) is 2.18. The van der Waals surface area contributed by atoms with Crippen molar-refractivity contribution in [1.29, 1.82) is 0 Å². The Morgan fingerprint density at radius 2 is 2.00 bits per heavy atom. The minimum absolute atomic E-state index is 0.0111. The van der Waals surface area contributed by atoms with Crippen LogP contribution < -0.4 is 5.32 Å². The molecule has 1 aliphatic heterocycles. The first-order valence-electron chi connectivity index (χ1n) is 7.57. The number of rotatable bonds is 7. The predicted molar refractivity (Wildman–Crippen MR) is 88.4 cm³/mol. The lowest BCUT2D eigenvalue weighted by Crippen LogP contribution is -2.73. The number of nitrogens with zero attached hydrogens (tertiary/aromatic N) is 1. The van der Waals surface area contributed by atoms with Gasteiger partial charge in [0, 0.05) is 24.9 Å². The van der Waals surface area contributed by atoms with E-state index in [0.717, 1.165) is 12.2 Å². The summed E-state index contributed by atoms with van der Waals surface area (Å²) in [5.74, 6) is 0.0694. The standard InChI is InChI=1S/C15H28N2O4S/c1-6-11(8-22-5)16-15(7-12(18)19)9-17(10-15)13(20)21-14(2,3)4/h11,16H,6-10H2,1-5H3,(H,18,19). The first-order chi connectivity index (χ1) is 10.1. The van der Waals surface area contributed by atoms with E-state index in [1.54, 1.807) is 16.7 Å². The molecule has 0 aliphatic carbocycles. The summed E-state index contributed by atoms with van der Waals surface area (Å²) in [5.41, 5.74) is -1.08. The molecule has 0 bridgehead atoms. The van der Waals surface area contributed by atoms with Gasteiger partial charge in [0.2, 0.25) is 0 Å². The monoisotopic (exact) mass is 332 g/mol. The molecule has 1 aliphatic rings. The lowest BCUT2D eigenvalue weighted by Gasteiger charge is -2.51. The fourth-order valence-corrected chi connectivity index (χ4v) is 3.30. The summed E-state index contributed by atoms with van der Waals surface area (Å²) < 4.78 is 5.33. The largest absolute Gasteiger partial charge is 0.481 e. The van der Waals surface area contributed by atoms with Crippen LogP contribution in [-0.2, 0) is 9.53 Å². The second-order valence-electron chi connectivity index (χ2n) is 6.89. The number of nitrogens with one attached hydrogen (secondary N) is 1. The molecule has 1 heterocycles. The molecule has 0 aromatic rings. The lowest BCUT2D eigenvalue weighted by atomic mass is 9.85. The Balaban J connectivity index is 2.66. The number of carbonyl (C=O) groups is 2. The third kappa shape index (κ3) is 5.68. The molecule has 1 fully saturated rings. The second kappa shape index (κ2) is 7.55. The Labute approximate surface area is 137 Å². The molecule has 0 saturated carbocycles. The Morgan fingerprint density at radius 1 is 1.41 bits per heavy atom. The van der Waals surface area contributed by atoms with E-state index in [1.165, 1.54) is 0 Å². The van der Waals surface area contributed by atoms with Crippen LogP contribution in [0.3, 0.4) is 0 Å². The number of carboxylic acid groups (broad SMARTS) is 1. The number of carboxylic acids is 1. The Morgan fingerprint density at radius 3 is 2.41 bits per heavy atom. The van der Waals surface area contributed by atoms with Gasteiger partial charge in [-0.1, -0.05) is 6.92 Å². The van der Waals surface area contributed by atoms with E-state index in [9.17, 15) is 9.59 Å². The number of thioether (sulfide) groups is 1. The maximum atomic E-state index is 12.0. The summed E-state index contributed by atoms with van der Waals surface area (Å²) in [7, 11) is 0. The Bertz CT molecular complexity index is 403. The quantitative estimate of drug-likeness (QED) is 0.744. The van der Waals surface area contributed by atoms with Crippen molar-refractivity contribution in [1.82, 2.24) is 10.2 Å². The van der Waals surface area contributed by atoms with Crippen LogP contribution in [0.4, 0.5) is 4.79 Å². The van der Waals surface area contributed by atoms with Crippen molar-refractivity contribution in [2.24, 2.45) is 0 Å². The number of ether oxygens (including phenoxy) is 1. The van der Waals surface area contributed by atoms with Crippen molar-refractivity contribution >= 4 is 23.8 Å². The van der Waals surface area contributed by atoms with Crippen LogP contribution >= 0.6 is 11.8 Å². The molecule has 1 rings (SSSR count). The number of carbonyl (C=O) groups excluding carboxylic acids is 1. The molecule has 7 heteroatoms. The number of amides is 1. The van der Waals surface area contributed by atoms with Gasteiger partial charge in [0.15, 0.2) is 0 Å². The van der Waals surface area contributed by atoms with Gasteiger partial charge >= 0.3 is 12.1 Å². The van der Waals surface area contributed by atoms with E-state index in [2.05, 4.69) is 12.2 Å². The van der Waals surface area contributed by atoms with Gasteiger partial charge in [-0.05, 0) is 33.4 Å². The molecule has 1 saturated heterocycles. The molecular formula is C15H28N2O4S. The van der Waals surface area contributed by atoms with Gasteiger partial charge in [0.05, 0.1) is 12.0 Å². The number of likely N-dealkylation sites (tertiary alicyclic amines) is 1. The highest BCUT2D eigenvalue weighted by Gasteiger charge is 2.48. The van der Waals surface area contributed by atoms with Crippen LogP contribution in [0.25, 0.3) is 0 Å². The summed E-state index contributed by atoms with van der Waals surface area (Å²) in [4.78, 5) is 24.7. The summed E-state index contributed by atoms with van der Waals surface area (Å²) in [6, 6.07) is 0.245. The molecule has 2 N–H and O–H groups in total. The molecule has 6 nitrogen and oxygen atoms in total. The van der Waals surface area contributed by atoms with Crippen LogP contribution in [0, 0.1) is 0 Å². The normalized spacial score (nSPS) is 18.5. The summed E-state index contributed by atoms with van der Waals surface area (Å²) >= 11 is 1.73. The fraction of sp³-hybridized carbons (Fsp3) is 0.867. The lowest BCUT2D eigenvalue weighted by molar-refractivity contribution is -0.141. The summed E-state index contributed by atoms with van der Waals surface area (Å²) in [5, 5.41) is 12.6. The van der Waals surface area contributed by atoms with Crippen molar-refractivity contribution in [3.8, 4) is 0 Å². The van der Waals surface area contributed by atoms with Gasteiger partial charge in [-0.3, -0.25) is 4.79 Å². The summed E-state index contributed by atoms with van der Waals surface area (Å²) in [6.45, 7) is 8.28. The van der Waals surface area contributed by atoms with Crippen molar-refractivity contribution in [2.75, 3.05) is 25.1 Å².